The molecule has 0 N–H and O–H groups in total. The summed E-state index contributed by atoms with van der Waals surface area (Å²) < 4.78 is 4.63. The molecule has 0 fully saturated rings. The van der Waals surface area contributed by atoms with E-state index in [1.165, 1.54) is 15.5 Å². The van der Waals surface area contributed by atoms with Gasteiger partial charge in [0.15, 0.2) is 0 Å². The number of rotatable bonds is 1. The minimum absolute atomic E-state index is 0.313. The van der Waals surface area contributed by atoms with Crippen LogP contribution >= 0.6 is 29.5 Å². The summed E-state index contributed by atoms with van der Waals surface area (Å²) in [5.41, 5.74) is 2.60. The third kappa shape index (κ3) is 2.70. The van der Waals surface area contributed by atoms with E-state index in [1.807, 2.05) is 13.0 Å². The van der Waals surface area contributed by atoms with Crippen LogP contribution in [0.25, 0.3) is 0 Å². The molecule has 0 radical (unpaired) electrons. The van der Waals surface area contributed by atoms with Gasteiger partial charge in [-0.05, 0) is 29.8 Å². The highest BCUT2D eigenvalue weighted by atomic mass is 127. The van der Waals surface area contributed by atoms with Crippen molar-refractivity contribution in [3.63, 3.8) is 0 Å². The Morgan fingerprint density at radius 3 is 2.86 bits per heavy atom. The molecular formula is C10H9IO2S. The predicted octanol–water partition coefficient (Wildman–Crippen LogP) is 3.17. The lowest BCUT2D eigenvalue weighted by Gasteiger charge is -2.01. The van der Waals surface area contributed by atoms with Crippen LogP contribution in [0.4, 0.5) is 0 Å². The number of hydrogen-bond donors (Lipinski definition) is 0. The van der Waals surface area contributed by atoms with Crippen LogP contribution in [0.5, 0.6) is 0 Å². The second-order valence-corrected chi connectivity index (χ2v) is 4.38. The first-order valence-electron chi connectivity index (χ1n) is 3.91. The van der Waals surface area contributed by atoms with E-state index in [0.29, 0.717) is 5.56 Å². The first kappa shape index (κ1) is 11.5. The van der Waals surface area contributed by atoms with Gasteiger partial charge in [-0.3, -0.25) is 0 Å². The molecule has 0 aliphatic carbocycles. The van der Waals surface area contributed by atoms with Crippen LogP contribution in [0.2, 0.25) is 0 Å². The third-order valence-electron chi connectivity index (χ3n) is 1.81. The van der Waals surface area contributed by atoms with Gasteiger partial charge in [0.25, 0.3) is 0 Å². The molecule has 0 heterocycles. The highest BCUT2D eigenvalue weighted by molar-refractivity contribution is 14.2. The molecule has 0 saturated carbocycles. The van der Waals surface area contributed by atoms with Gasteiger partial charge in [-0.15, -0.1) is 0 Å². The summed E-state index contributed by atoms with van der Waals surface area (Å²) in [5, 5.41) is 3.09. The number of esters is 1. The summed E-state index contributed by atoms with van der Waals surface area (Å²) in [4.78, 5) is 11.2. The second kappa shape index (κ2) is 5.34. The summed E-state index contributed by atoms with van der Waals surface area (Å²) >= 11 is 2.14. The number of carbonyl (C=O) groups excluding carboxylic acids is 1. The number of ether oxygens (including phenoxy) is 1. The minimum atomic E-state index is -0.313. The lowest BCUT2D eigenvalue weighted by molar-refractivity contribution is 0.0600. The van der Waals surface area contributed by atoms with Crippen molar-refractivity contribution in [1.29, 1.82) is 0 Å². The fourth-order valence-corrected chi connectivity index (χ4v) is 2.03. The molecule has 4 heteroatoms. The second-order valence-electron chi connectivity index (χ2n) is 2.70. The molecule has 0 aliphatic heterocycles. The molecule has 2 nitrogen and oxygen atoms in total. The molecule has 0 spiro atoms. The Bertz CT molecular complexity index is 418. The Morgan fingerprint density at radius 2 is 2.29 bits per heavy atom. The highest BCUT2D eigenvalue weighted by Crippen LogP contribution is 2.12. The Kier molecular flexibility index (Phi) is 4.38. The van der Waals surface area contributed by atoms with Crippen LogP contribution in [0.1, 0.15) is 21.5 Å². The van der Waals surface area contributed by atoms with Gasteiger partial charge in [-0.2, -0.15) is 0 Å². The Labute approximate surface area is 98.8 Å². The molecule has 0 aliphatic rings. The fourth-order valence-electron chi connectivity index (χ4n) is 1.02. The smallest absolute Gasteiger partial charge is 0.337 e. The van der Waals surface area contributed by atoms with E-state index in [-0.39, 0.29) is 5.97 Å². The number of carbonyl (C=O) groups is 1. The molecule has 0 aromatic heterocycles. The van der Waals surface area contributed by atoms with Crippen LogP contribution in [-0.4, -0.2) is 13.1 Å². The van der Waals surface area contributed by atoms with Crippen LogP contribution in [0, 0.1) is 12.1 Å². The number of hydrogen-bond acceptors (Lipinski definition) is 2. The van der Waals surface area contributed by atoms with Gasteiger partial charge in [0.2, 0.25) is 0 Å². The minimum Gasteiger partial charge on any atom is -0.465 e. The summed E-state index contributed by atoms with van der Waals surface area (Å²) in [6, 6.07) is 5.43. The van der Waals surface area contributed by atoms with Crippen molar-refractivity contribution in [3.05, 3.63) is 34.9 Å². The predicted molar refractivity (Wildman–Crippen MR) is 67.1 cm³/mol. The first-order chi connectivity index (χ1) is 6.69. The topological polar surface area (TPSA) is 26.3 Å². The van der Waals surface area contributed by atoms with Crippen molar-refractivity contribution in [2.45, 2.75) is 6.92 Å². The van der Waals surface area contributed by atoms with E-state index in [4.69, 9.17) is 0 Å². The number of aryl methyl sites for hydroxylation is 1. The van der Waals surface area contributed by atoms with Gasteiger partial charge in [0.05, 0.1) is 12.7 Å². The van der Waals surface area contributed by atoms with Gasteiger partial charge in [-0.25, -0.2) is 4.79 Å². The number of halogens is 1. The van der Waals surface area contributed by atoms with Crippen molar-refractivity contribution in [3.8, 4) is 5.18 Å². The standard InChI is InChI=1S/C10H9IO2S/c1-7-3-4-8(10(12)13-2)5-9(7)6-14-11/h3-5H,1-2H3. The van der Waals surface area contributed by atoms with Crippen LogP contribution < -0.4 is 0 Å². The zero-order chi connectivity index (χ0) is 10.6. The Morgan fingerprint density at radius 1 is 1.57 bits per heavy atom. The number of methoxy groups -OCH3 is 1. The van der Waals surface area contributed by atoms with E-state index in [0.717, 1.165) is 11.1 Å². The van der Waals surface area contributed by atoms with Crippen molar-refractivity contribution in [2.24, 2.45) is 0 Å². The molecule has 1 aromatic carbocycles. The molecule has 74 valence electrons. The average molecular weight is 320 g/mol. The molecule has 1 rings (SSSR count). The van der Waals surface area contributed by atoms with E-state index >= 15 is 0 Å². The van der Waals surface area contributed by atoms with Crippen LogP contribution in [-0.2, 0) is 4.74 Å². The van der Waals surface area contributed by atoms with Gasteiger partial charge in [0.1, 0.15) is 0 Å². The van der Waals surface area contributed by atoms with Crippen LogP contribution in [0.15, 0.2) is 18.2 Å². The largest absolute Gasteiger partial charge is 0.465 e. The molecular weight excluding hydrogens is 311 g/mol. The number of benzene rings is 1. The van der Waals surface area contributed by atoms with Gasteiger partial charge in [-0.1, -0.05) is 14.4 Å². The first-order valence-corrected chi connectivity index (χ1v) is 7.27. The zero-order valence-electron chi connectivity index (χ0n) is 7.83. The summed E-state index contributed by atoms with van der Waals surface area (Å²) in [5.74, 6) is -0.313. The monoisotopic (exact) mass is 320 g/mol. The zero-order valence-corrected chi connectivity index (χ0v) is 10.8. The lowest BCUT2D eigenvalue weighted by Crippen LogP contribution is -2.01. The molecule has 1 aromatic rings. The fraction of sp³-hybridized carbons (Fsp3) is 0.200. The SMILES string of the molecule is COC(=O)c1ccc(C)c(C#SI)c1. The maximum absolute atomic E-state index is 11.2. The van der Waals surface area contributed by atoms with Crippen molar-refractivity contribution >= 4 is 35.5 Å². The Balaban J connectivity index is 3.17. The maximum atomic E-state index is 11.2. The van der Waals surface area contributed by atoms with Gasteiger partial charge in [0, 0.05) is 26.8 Å². The maximum Gasteiger partial charge on any atom is 0.337 e. The molecule has 0 unspecified atom stereocenters. The Hall–Kier alpha value is -0.580. The lowest BCUT2D eigenvalue weighted by atomic mass is 10.1. The van der Waals surface area contributed by atoms with Crippen molar-refractivity contribution in [2.75, 3.05) is 7.11 Å². The third-order valence-corrected chi connectivity index (χ3v) is 2.76. The van der Waals surface area contributed by atoms with Gasteiger partial charge >= 0.3 is 5.97 Å². The molecule has 14 heavy (non-hydrogen) atoms. The van der Waals surface area contributed by atoms with Gasteiger partial charge < -0.3 is 4.74 Å². The molecule has 0 atom stereocenters. The molecule has 0 bridgehead atoms. The normalized spacial score (nSPS) is 9.07. The molecule has 0 amide bonds. The summed E-state index contributed by atoms with van der Waals surface area (Å²) in [7, 11) is 2.84. The van der Waals surface area contributed by atoms with E-state index < -0.39 is 0 Å². The van der Waals surface area contributed by atoms with E-state index in [2.05, 4.69) is 31.1 Å². The van der Waals surface area contributed by atoms with E-state index in [1.54, 1.807) is 12.1 Å². The quantitative estimate of drug-likeness (QED) is 0.587. The summed E-state index contributed by atoms with van der Waals surface area (Å²) in [6.07, 6.45) is 0. The highest BCUT2D eigenvalue weighted by Gasteiger charge is 2.06. The van der Waals surface area contributed by atoms with Crippen molar-refractivity contribution < 1.29 is 9.53 Å². The van der Waals surface area contributed by atoms with Crippen molar-refractivity contribution in [1.82, 2.24) is 0 Å². The summed E-state index contributed by atoms with van der Waals surface area (Å²) in [6.45, 7) is 1.98. The van der Waals surface area contributed by atoms with E-state index in [9.17, 15) is 4.79 Å². The average Bonchev–Trinajstić information content (AvgIpc) is 2.20. The molecule has 0 saturated heterocycles. The van der Waals surface area contributed by atoms with Crippen LogP contribution in [0.3, 0.4) is 0 Å².